The van der Waals surface area contributed by atoms with Crippen molar-refractivity contribution in [2.24, 2.45) is 0 Å². The number of halogens is 2. The van der Waals surface area contributed by atoms with Crippen LogP contribution >= 0.6 is 15.9 Å². The van der Waals surface area contributed by atoms with Gasteiger partial charge in [-0.15, -0.1) is 0 Å². The van der Waals surface area contributed by atoms with Crippen LogP contribution < -0.4 is 5.32 Å². The Morgan fingerprint density at radius 3 is 2.76 bits per heavy atom. The zero-order valence-electron chi connectivity index (χ0n) is 12.5. The summed E-state index contributed by atoms with van der Waals surface area (Å²) < 4.78 is 14.6. The molecule has 0 saturated heterocycles. The summed E-state index contributed by atoms with van der Waals surface area (Å²) in [6, 6.07) is 14.0. The predicted molar refractivity (Wildman–Crippen MR) is 89.9 cm³/mol. The minimum atomic E-state index is -0.156. The molecule has 1 unspecified atom stereocenters. The third kappa shape index (κ3) is 5.25. The summed E-state index contributed by atoms with van der Waals surface area (Å²) in [6.45, 7) is 4.81. The Balaban J connectivity index is 1.82. The molecule has 21 heavy (non-hydrogen) atoms. The molecule has 1 N–H and O–H groups in total. The number of benzene rings is 2. The van der Waals surface area contributed by atoms with E-state index in [2.05, 4.69) is 59.4 Å². The van der Waals surface area contributed by atoms with Gasteiger partial charge in [-0.2, -0.15) is 0 Å². The molecule has 3 heteroatoms. The van der Waals surface area contributed by atoms with E-state index >= 15 is 0 Å². The Labute approximate surface area is 134 Å². The lowest BCUT2D eigenvalue weighted by Crippen LogP contribution is -2.26. The summed E-state index contributed by atoms with van der Waals surface area (Å²) in [6.07, 6.45) is 2.08. The molecule has 0 fully saturated rings. The van der Waals surface area contributed by atoms with E-state index in [1.165, 1.54) is 17.2 Å². The summed E-state index contributed by atoms with van der Waals surface area (Å²) in [5.41, 5.74) is 3.35. The number of rotatable bonds is 6. The largest absolute Gasteiger partial charge is 0.310 e. The third-order valence-corrected chi connectivity index (χ3v) is 4.09. The normalized spacial score (nSPS) is 12.4. The molecule has 0 radical (unpaired) electrons. The Kier molecular flexibility index (Phi) is 5.95. The number of hydrogen-bond acceptors (Lipinski definition) is 1. The van der Waals surface area contributed by atoms with Crippen molar-refractivity contribution in [1.82, 2.24) is 5.32 Å². The molecule has 0 amide bonds. The van der Waals surface area contributed by atoms with Crippen molar-refractivity contribution in [3.63, 3.8) is 0 Å². The highest BCUT2D eigenvalue weighted by molar-refractivity contribution is 9.10. The molecule has 0 aliphatic rings. The molecule has 2 aromatic rings. The van der Waals surface area contributed by atoms with Crippen molar-refractivity contribution in [1.29, 1.82) is 0 Å². The summed E-state index contributed by atoms with van der Waals surface area (Å²) in [7, 11) is 0. The summed E-state index contributed by atoms with van der Waals surface area (Å²) in [4.78, 5) is 0. The van der Waals surface area contributed by atoms with Gasteiger partial charge in [0.25, 0.3) is 0 Å². The molecule has 0 aliphatic heterocycles. The van der Waals surface area contributed by atoms with Gasteiger partial charge in [-0.05, 0) is 50.5 Å². The van der Waals surface area contributed by atoms with Crippen LogP contribution in [0.1, 0.15) is 30.0 Å². The van der Waals surface area contributed by atoms with Crippen LogP contribution in [0, 0.1) is 12.7 Å². The van der Waals surface area contributed by atoms with Crippen LogP contribution in [0.5, 0.6) is 0 Å². The maximum Gasteiger partial charge on any atom is 0.127 e. The highest BCUT2D eigenvalue weighted by Crippen LogP contribution is 2.16. The van der Waals surface area contributed by atoms with Gasteiger partial charge in [0.1, 0.15) is 5.82 Å². The molecule has 0 aliphatic carbocycles. The molecular weight excluding hydrogens is 329 g/mol. The fourth-order valence-corrected chi connectivity index (χ4v) is 2.72. The highest BCUT2D eigenvalue weighted by Gasteiger charge is 2.06. The second-order valence-electron chi connectivity index (χ2n) is 5.55. The topological polar surface area (TPSA) is 12.0 Å². The lowest BCUT2D eigenvalue weighted by atomic mass is 10.0. The van der Waals surface area contributed by atoms with E-state index < -0.39 is 0 Å². The van der Waals surface area contributed by atoms with Crippen LogP contribution in [0.25, 0.3) is 0 Å². The second kappa shape index (κ2) is 7.71. The first-order chi connectivity index (χ1) is 10.0. The van der Waals surface area contributed by atoms with Gasteiger partial charge >= 0.3 is 0 Å². The average molecular weight is 350 g/mol. The molecule has 2 aromatic carbocycles. The van der Waals surface area contributed by atoms with Crippen molar-refractivity contribution < 1.29 is 4.39 Å². The van der Waals surface area contributed by atoms with Crippen molar-refractivity contribution in [2.75, 3.05) is 0 Å². The van der Waals surface area contributed by atoms with Gasteiger partial charge in [0.05, 0.1) is 0 Å². The van der Waals surface area contributed by atoms with E-state index in [9.17, 15) is 4.39 Å². The quantitative estimate of drug-likeness (QED) is 0.772. The Hall–Kier alpha value is -1.19. The van der Waals surface area contributed by atoms with Crippen molar-refractivity contribution in [3.8, 4) is 0 Å². The molecule has 0 heterocycles. The van der Waals surface area contributed by atoms with E-state index in [0.29, 0.717) is 18.2 Å². The Bertz CT molecular complexity index is 598. The monoisotopic (exact) mass is 349 g/mol. The number of hydrogen-bond donors (Lipinski definition) is 1. The highest BCUT2D eigenvalue weighted by atomic mass is 79.9. The predicted octanol–water partition coefficient (Wildman–Crippen LogP) is 5.01. The fourth-order valence-electron chi connectivity index (χ4n) is 2.32. The molecule has 112 valence electrons. The fraction of sp³-hybridized carbons (Fsp3) is 0.333. The lowest BCUT2D eigenvalue weighted by Gasteiger charge is -2.14. The van der Waals surface area contributed by atoms with Gasteiger partial charge in [0, 0.05) is 22.6 Å². The SMILES string of the molecule is Cc1cccc(CCC(C)NCc2cc(Br)ccc2F)c1. The summed E-state index contributed by atoms with van der Waals surface area (Å²) >= 11 is 3.38. The maximum atomic E-state index is 13.7. The smallest absolute Gasteiger partial charge is 0.127 e. The molecular formula is C18H21BrFN. The zero-order valence-corrected chi connectivity index (χ0v) is 14.1. The van der Waals surface area contributed by atoms with Crippen molar-refractivity contribution in [3.05, 3.63) is 69.4 Å². The molecule has 1 atom stereocenters. The lowest BCUT2D eigenvalue weighted by molar-refractivity contribution is 0.501. The Morgan fingerprint density at radius 1 is 1.19 bits per heavy atom. The van der Waals surface area contributed by atoms with Gasteiger partial charge in [-0.25, -0.2) is 4.39 Å². The van der Waals surface area contributed by atoms with Gasteiger partial charge < -0.3 is 5.32 Å². The van der Waals surface area contributed by atoms with Crippen LogP contribution in [0.4, 0.5) is 4.39 Å². The third-order valence-electron chi connectivity index (χ3n) is 3.60. The number of aryl methyl sites for hydroxylation is 2. The molecule has 0 saturated carbocycles. The van der Waals surface area contributed by atoms with Crippen molar-refractivity contribution >= 4 is 15.9 Å². The first-order valence-corrected chi connectivity index (χ1v) is 8.07. The average Bonchev–Trinajstić information content (AvgIpc) is 2.46. The molecule has 0 aromatic heterocycles. The Morgan fingerprint density at radius 2 is 2.00 bits per heavy atom. The van der Waals surface area contributed by atoms with Crippen LogP contribution in [0.15, 0.2) is 46.9 Å². The van der Waals surface area contributed by atoms with E-state index in [4.69, 9.17) is 0 Å². The van der Waals surface area contributed by atoms with Gasteiger partial charge in [0.2, 0.25) is 0 Å². The maximum absolute atomic E-state index is 13.7. The van der Waals surface area contributed by atoms with Crippen LogP contribution in [-0.4, -0.2) is 6.04 Å². The van der Waals surface area contributed by atoms with Crippen molar-refractivity contribution in [2.45, 2.75) is 39.3 Å². The minimum Gasteiger partial charge on any atom is -0.310 e. The molecule has 1 nitrogen and oxygen atoms in total. The minimum absolute atomic E-state index is 0.156. The first-order valence-electron chi connectivity index (χ1n) is 7.27. The van der Waals surface area contributed by atoms with Gasteiger partial charge in [0.15, 0.2) is 0 Å². The molecule has 0 spiro atoms. The van der Waals surface area contributed by atoms with E-state index in [-0.39, 0.29) is 5.82 Å². The number of nitrogens with one attached hydrogen (secondary N) is 1. The summed E-state index contributed by atoms with van der Waals surface area (Å²) in [5.74, 6) is -0.156. The molecule has 2 rings (SSSR count). The van der Waals surface area contributed by atoms with Gasteiger partial charge in [-0.3, -0.25) is 0 Å². The van der Waals surface area contributed by atoms with Gasteiger partial charge in [-0.1, -0.05) is 45.8 Å². The molecule has 0 bridgehead atoms. The van der Waals surface area contributed by atoms with E-state index in [1.54, 1.807) is 6.07 Å². The zero-order chi connectivity index (χ0) is 15.2. The van der Waals surface area contributed by atoms with Crippen LogP contribution in [0.3, 0.4) is 0 Å². The second-order valence-corrected chi connectivity index (χ2v) is 6.46. The van der Waals surface area contributed by atoms with Crippen LogP contribution in [0.2, 0.25) is 0 Å². The van der Waals surface area contributed by atoms with Crippen LogP contribution in [-0.2, 0) is 13.0 Å². The van der Waals surface area contributed by atoms with E-state index in [0.717, 1.165) is 17.3 Å². The van der Waals surface area contributed by atoms with E-state index in [1.807, 2.05) is 6.07 Å². The first kappa shape index (κ1) is 16.2. The standard InChI is InChI=1S/C18H21BrFN/c1-13-4-3-5-15(10-13)7-6-14(2)21-12-16-11-17(19)8-9-18(16)20/h3-5,8-11,14,21H,6-7,12H2,1-2H3. The summed E-state index contributed by atoms with van der Waals surface area (Å²) in [5, 5.41) is 3.39.